The van der Waals surface area contributed by atoms with E-state index in [9.17, 15) is 9.59 Å². The van der Waals surface area contributed by atoms with Crippen molar-refractivity contribution < 1.29 is 9.59 Å². The molecule has 0 saturated carbocycles. The summed E-state index contributed by atoms with van der Waals surface area (Å²) in [4.78, 5) is 29.9. The van der Waals surface area contributed by atoms with E-state index in [1.807, 2.05) is 34.1 Å². The highest BCUT2D eigenvalue weighted by atomic mass is 16.2. The normalized spacial score (nSPS) is 29.5. The molecular formula is C22H32N2O2. The van der Waals surface area contributed by atoms with E-state index in [4.69, 9.17) is 0 Å². The molecule has 2 heterocycles. The molecule has 26 heavy (non-hydrogen) atoms. The Morgan fingerprint density at radius 2 is 0.923 bits per heavy atom. The van der Waals surface area contributed by atoms with E-state index >= 15 is 0 Å². The number of piperidine rings is 2. The predicted octanol–water partition coefficient (Wildman–Crippen LogP) is 4.49. The second kappa shape index (κ2) is 7.81. The van der Waals surface area contributed by atoms with E-state index in [1.54, 1.807) is 0 Å². The molecule has 0 bridgehead atoms. The molecule has 4 nitrogen and oxygen atoms in total. The summed E-state index contributed by atoms with van der Waals surface area (Å²) in [6, 6.07) is 8.41. The zero-order valence-electron chi connectivity index (χ0n) is 16.6. The molecule has 4 atom stereocenters. The number of rotatable bonds is 2. The molecule has 0 N–H and O–H groups in total. The maximum Gasteiger partial charge on any atom is 0.254 e. The van der Waals surface area contributed by atoms with Gasteiger partial charge in [-0.3, -0.25) is 9.59 Å². The first-order chi connectivity index (χ1) is 12.4. The lowest BCUT2D eigenvalue weighted by Gasteiger charge is -2.39. The lowest BCUT2D eigenvalue weighted by molar-refractivity contribution is 0.0497. The number of likely N-dealkylation sites (tertiary alicyclic amines) is 2. The van der Waals surface area contributed by atoms with Crippen molar-refractivity contribution in [1.82, 2.24) is 9.80 Å². The number of benzene rings is 1. The van der Waals surface area contributed by atoms with Crippen molar-refractivity contribution in [3.8, 4) is 0 Å². The van der Waals surface area contributed by atoms with Gasteiger partial charge in [-0.15, -0.1) is 0 Å². The van der Waals surface area contributed by atoms with Crippen LogP contribution in [0.2, 0.25) is 0 Å². The van der Waals surface area contributed by atoms with E-state index < -0.39 is 0 Å². The number of carbonyl (C=O) groups excluding carboxylic acids is 2. The van der Waals surface area contributed by atoms with Gasteiger partial charge < -0.3 is 9.80 Å². The Labute approximate surface area is 157 Å². The van der Waals surface area contributed by atoms with Crippen LogP contribution in [0.1, 0.15) is 86.9 Å². The highest BCUT2D eigenvalue weighted by Gasteiger charge is 2.31. The van der Waals surface area contributed by atoms with Crippen LogP contribution in [0.4, 0.5) is 0 Å². The van der Waals surface area contributed by atoms with Crippen LogP contribution in [0.5, 0.6) is 0 Å². The van der Waals surface area contributed by atoms with Crippen molar-refractivity contribution in [2.75, 3.05) is 0 Å². The number of nitrogens with zero attached hydrogens (tertiary/aromatic N) is 2. The Kier molecular flexibility index (Phi) is 5.69. The fraction of sp³-hybridized carbons (Fsp3) is 0.636. The van der Waals surface area contributed by atoms with Gasteiger partial charge in [0.1, 0.15) is 0 Å². The quantitative estimate of drug-likeness (QED) is 0.783. The largest absolute Gasteiger partial charge is 0.333 e. The van der Waals surface area contributed by atoms with Gasteiger partial charge in [-0.05, 0) is 90.5 Å². The molecule has 0 unspecified atom stereocenters. The molecule has 2 aliphatic heterocycles. The molecule has 3 rings (SSSR count). The van der Waals surface area contributed by atoms with Gasteiger partial charge in [0, 0.05) is 35.3 Å². The van der Waals surface area contributed by atoms with Crippen molar-refractivity contribution in [2.45, 2.75) is 90.4 Å². The van der Waals surface area contributed by atoms with Gasteiger partial charge in [0.25, 0.3) is 11.8 Å². The summed E-state index contributed by atoms with van der Waals surface area (Å²) in [5.74, 6) is 0.173. The molecule has 0 aromatic heterocycles. The SMILES string of the molecule is C[C@@H]1CCC[C@@H](C)N1C(=O)c1ccc(C(=O)N2[C@H](C)CCC[C@@H]2C)cc1. The van der Waals surface area contributed by atoms with Crippen LogP contribution >= 0.6 is 0 Å². The minimum Gasteiger partial charge on any atom is -0.333 e. The Hall–Kier alpha value is -1.84. The van der Waals surface area contributed by atoms with E-state index in [0.29, 0.717) is 11.1 Å². The van der Waals surface area contributed by atoms with Gasteiger partial charge in [0.15, 0.2) is 0 Å². The highest BCUT2D eigenvalue weighted by Crippen LogP contribution is 2.26. The maximum atomic E-state index is 12.9. The molecule has 142 valence electrons. The summed E-state index contributed by atoms with van der Waals surface area (Å²) >= 11 is 0. The molecule has 2 fully saturated rings. The summed E-state index contributed by atoms with van der Waals surface area (Å²) in [6.07, 6.45) is 6.64. The standard InChI is InChI=1S/C22H32N2O2/c1-15-7-5-8-16(2)23(15)21(25)19-11-13-20(14-12-19)22(26)24-17(3)9-6-10-18(24)4/h11-18H,5-10H2,1-4H3/t15-,16-,17-,18+/m1/s1. The summed E-state index contributed by atoms with van der Waals surface area (Å²) in [7, 11) is 0. The minimum atomic E-state index is 0.0865. The molecule has 0 radical (unpaired) electrons. The number of carbonyl (C=O) groups is 2. The van der Waals surface area contributed by atoms with E-state index in [0.717, 1.165) is 25.7 Å². The second-order valence-electron chi connectivity index (χ2n) is 8.26. The number of amides is 2. The first-order valence-electron chi connectivity index (χ1n) is 10.2. The lowest BCUT2D eigenvalue weighted by atomic mass is 9.95. The first kappa shape index (κ1) is 18.9. The van der Waals surface area contributed by atoms with Crippen molar-refractivity contribution in [3.05, 3.63) is 35.4 Å². The second-order valence-corrected chi connectivity index (χ2v) is 8.26. The molecule has 1 aromatic carbocycles. The smallest absolute Gasteiger partial charge is 0.254 e. The molecule has 2 amide bonds. The molecule has 4 heteroatoms. The minimum absolute atomic E-state index is 0.0865. The average Bonchev–Trinajstić information content (AvgIpc) is 2.61. The zero-order chi connectivity index (χ0) is 18.8. The van der Waals surface area contributed by atoms with Crippen LogP contribution in [0.25, 0.3) is 0 Å². The maximum absolute atomic E-state index is 12.9. The predicted molar refractivity (Wildman–Crippen MR) is 104 cm³/mol. The fourth-order valence-corrected chi connectivity index (χ4v) is 4.70. The third-order valence-corrected chi connectivity index (χ3v) is 6.23. The first-order valence-corrected chi connectivity index (χ1v) is 10.2. The summed E-state index contributed by atoms with van der Waals surface area (Å²) < 4.78 is 0. The number of hydrogen-bond donors (Lipinski definition) is 0. The molecule has 2 saturated heterocycles. The highest BCUT2D eigenvalue weighted by molar-refractivity contribution is 5.98. The molecule has 0 spiro atoms. The van der Waals surface area contributed by atoms with Crippen molar-refractivity contribution in [3.63, 3.8) is 0 Å². The van der Waals surface area contributed by atoms with Gasteiger partial charge in [0.05, 0.1) is 0 Å². The third kappa shape index (κ3) is 3.65. The van der Waals surface area contributed by atoms with Crippen molar-refractivity contribution in [2.24, 2.45) is 0 Å². The van der Waals surface area contributed by atoms with Gasteiger partial charge in [-0.1, -0.05) is 0 Å². The van der Waals surface area contributed by atoms with E-state index in [-0.39, 0.29) is 36.0 Å². The molecule has 0 aliphatic carbocycles. The summed E-state index contributed by atoms with van der Waals surface area (Å²) in [5.41, 5.74) is 1.36. The lowest BCUT2D eigenvalue weighted by Crippen LogP contribution is -2.48. The van der Waals surface area contributed by atoms with Crippen LogP contribution in [-0.4, -0.2) is 45.8 Å². The Balaban J connectivity index is 1.75. The average molecular weight is 357 g/mol. The Bertz CT molecular complexity index is 578. The van der Waals surface area contributed by atoms with Crippen molar-refractivity contribution in [1.29, 1.82) is 0 Å². The monoisotopic (exact) mass is 356 g/mol. The van der Waals surface area contributed by atoms with E-state index in [1.165, 1.54) is 12.8 Å². The summed E-state index contributed by atoms with van der Waals surface area (Å²) in [6.45, 7) is 8.52. The van der Waals surface area contributed by atoms with Crippen LogP contribution in [-0.2, 0) is 0 Å². The van der Waals surface area contributed by atoms with Crippen LogP contribution in [0, 0.1) is 0 Å². The van der Waals surface area contributed by atoms with Crippen LogP contribution in [0.3, 0.4) is 0 Å². The van der Waals surface area contributed by atoms with E-state index in [2.05, 4.69) is 27.7 Å². The van der Waals surface area contributed by atoms with Gasteiger partial charge in [-0.25, -0.2) is 0 Å². The van der Waals surface area contributed by atoms with Gasteiger partial charge in [-0.2, -0.15) is 0 Å². The molecule has 1 aromatic rings. The fourth-order valence-electron chi connectivity index (χ4n) is 4.70. The topological polar surface area (TPSA) is 40.6 Å². The van der Waals surface area contributed by atoms with Crippen LogP contribution in [0.15, 0.2) is 24.3 Å². The zero-order valence-corrected chi connectivity index (χ0v) is 16.6. The Morgan fingerprint density at radius 1 is 0.654 bits per heavy atom. The van der Waals surface area contributed by atoms with Crippen LogP contribution < -0.4 is 0 Å². The van der Waals surface area contributed by atoms with Gasteiger partial charge >= 0.3 is 0 Å². The number of hydrogen-bond acceptors (Lipinski definition) is 2. The van der Waals surface area contributed by atoms with Crippen molar-refractivity contribution >= 4 is 11.8 Å². The van der Waals surface area contributed by atoms with Gasteiger partial charge in [0.2, 0.25) is 0 Å². The third-order valence-electron chi connectivity index (χ3n) is 6.23. The molecular weight excluding hydrogens is 324 g/mol. The molecule has 2 aliphatic rings. The summed E-state index contributed by atoms with van der Waals surface area (Å²) in [5, 5.41) is 0. The Morgan fingerprint density at radius 3 is 1.19 bits per heavy atom.